The van der Waals surface area contributed by atoms with Gasteiger partial charge in [0.25, 0.3) is 0 Å². The molecule has 0 saturated heterocycles. The van der Waals surface area contributed by atoms with Crippen molar-refractivity contribution in [2.24, 2.45) is 5.92 Å². The Labute approximate surface area is 114 Å². The summed E-state index contributed by atoms with van der Waals surface area (Å²) >= 11 is 1.84. The minimum absolute atomic E-state index is 0.598. The highest BCUT2D eigenvalue weighted by atomic mass is 32.1. The third-order valence-corrected chi connectivity index (χ3v) is 3.34. The molecule has 0 spiro atoms. The lowest BCUT2D eigenvalue weighted by atomic mass is 10.2. The van der Waals surface area contributed by atoms with E-state index in [0.717, 1.165) is 26.3 Å². The van der Waals surface area contributed by atoms with Crippen molar-refractivity contribution in [1.82, 2.24) is 5.32 Å². The molecule has 0 aliphatic carbocycles. The number of nitrogens with one attached hydrogen (secondary N) is 1. The Kier molecular flexibility index (Phi) is 8.25. The first-order valence-electron chi connectivity index (χ1n) is 6.60. The Morgan fingerprint density at radius 2 is 1.94 bits per heavy atom. The zero-order chi connectivity index (χ0) is 13.2. The number of ether oxygens (including phenoxy) is 2. The lowest BCUT2D eigenvalue weighted by Crippen LogP contribution is -2.20. The van der Waals surface area contributed by atoms with Gasteiger partial charge < -0.3 is 14.8 Å². The maximum atomic E-state index is 5.47. The van der Waals surface area contributed by atoms with E-state index >= 15 is 0 Å². The van der Waals surface area contributed by atoms with E-state index in [1.54, 1.807) is 0 Å². The van der Waals surface area contributed by atoms with Crippen LogP contribution in [0.3, 0.4) is 0 Å². The molecule has 3 nitrogen and oxygen atoms in total. The maximum absolute atomic E-state index is 5.47. The average molecular weight is 271 g/mol. The standard InChI is InChI=1S/C14H25NO2S/c1-12(2)11-17-9-8-16-7-6-15-10-14-5-4-13(3)18-14/h4-5,12,15H,6-11H2,1-3H3. The van der Waals surface area contributed by atoms with E-state index in [-0.39, 0.29) is 0 Å². The van der Waals surface area contributed by atoms with E-state index in [4.69, 9.17) is 9.47 Å². The van der Waals surface area contributed by atoms with Gasteiger partial charge in [0.1, 0.15) is 0 Å². The predicted molar refractivity (Wildman–Crippen MR) is 77.2 cm³/mol. The van der Waals surface area contributed by atoms with Gasteiger partial charge in [-0.2, -0.15) is 0 Å². The molecular weight excluding hydrogens is 246 g/mol. The molecule has 0 unspecified atom stereocenters. The second-order valence-electron chi connectivity index (χ2n) is 4.77. The molecule has 1 N–H and O–H groups in total. The molecule has 0 amide bonds. The largest absolute Gasteiger partial charge is 0.379 e. The molecule has 0 aliphatic heterocycles. The molecule has 18 heavy (non-hydrogen) atoms. The van der Waals surface area contributed by atoms with Crippen LogP contribution in [0.1, 0.15) is 23.6 Å². The van der Waals surface area contributed by atoms with Crippen LogP contribution in [0, 0.1) is 12.8 Å². The van der Waals surface area contributed by atoms with Crippen LogP contribution >= 0.6 is 11.3 Å². The van der Waals surface area contributed by atoms with E-state index in [0.29, 0.717) is 19.1 Å². The Balaban J connectivity index is 1.84. The number of rotatable bonds is 10. The molecule has 0 aliphatic rings. The summed E-state index contributed by atoms with van der Waals surface area (Å²) in [5.74, 6) is 0.598. The van der Waals surface area contributed by atoms with Gasteiger partial charge in [0.15, 0.2) is 0 Å². The highest BCUT2D eigenvalue weighted by molar-refractivity contribution is 7.11. The second kappa shape index (κ2) is 9.50. The van der Waals surface area contributed by atoms with Crippen molar-refractivity contribution in [1.29, 1.82) is 0 Å². The number of aryl methyl sites for hydroxylation is 1. The summed E-state index contributed by atoms with van der Waals surface area (Å²) in [7, 11) is 0. The van der Waals surface area contributed by atoms with E-state index in [2.05, 4.69) is 38.2 Å². The van der Waals surface area contributed by atoms with Gasteiger partial charge in [0.05, 0.1) is 19.8 Å². The minimum atomic E-state index is 0.598. The van der Waals surface area contributed by atoms with Gasteiger partial charge in [-0.1, -0.05) is 13.8 Å². The van der Waals surface area contributed by atoms with Crippen LogP contribution < -0.4 is 5.32 Å². The number of hydrogen-bond donors (Lipinski definition) is 1. The molecule has 0 fully saturated rings. The van der Waals surface area contributed by atoms with Crippen LogP contribution in [0.4, 0.5) is 0 Å². The summed E-state index contributed by atoms with van der Waals surface area (Å²) in [5, 5.41) is 3.37. The monoisotopic (exact) mass is 271 g/mol. The van der Waals surface area contributed by atoms with E-state index in [1.807, 2.05) is 11.3 Å². The summed E-state index contributed by atoms with van der Waals surface area (Å²) in [6.45, 7) is 11.2. The average Bonchev–Trinajstić information content (AvgIpc) is 2.72. The zero-order valence-corrected chi connectivity index (χ0v) is 12.5. The van der Waals surface area contributed by atoms with Gasteiger partial charge in [-0.15, -0.1) is 11.3 Å². The lowest BCUT2D eigenvalue weighted by Gasteiger charge is -2.08. The van der Waals surface area contributed by atoms with Crippen molar-refractivity contribution in [3.63, 3.8) is 0 Å². The molecule has 104 valence electrons. The van der Waals surface area contributed by atoms with Crippen molar-refractivity contribution >= 4 is 11.3 Å². The molecule has 0 saturated carbocycles. The highest BCUT2D eigenvalue weighted by Crippen LogP contribution is 2.14. The van der Waals surface area contributed by atoms with Crippen molar-refractivity contribution in [3.8, 4) is 0 Å². The molecule has 0 bridgehead atoms. The Hall–Kier alpha value is -0.420. The minimum Gasteiger partial charge on any atom is -0.379 e. The first kappa shape index (κ1) is 15.6. The summed E-state index contributed by atoms with van der Waals surface area (Å²) < 4.78 is 10.9. The molecule has 1 rings (SSSR count). The fourth-order valence-electron chi connectivity index (χ4n) is 1.48. The van der Waals surface area contributed by atoms with Gasteiger partial charge in [0.2, 0.25) is 0 Å². The molecular formula is C14H25NO2S. The number of hydrogen-bond acceptors (Lipinski definition) is 4. The van der Waals surface area contributed by atoms with Crippen LogP contribution in [0.15, 0.2) is 12.1 Å². The quantitative estimate of drug-likeness (QED) is 0.664. The van der Waals surface area contributed by atoms with Crippen molar-refractivity contribution < 1.29 is 9.47 Å². The summed E-state index contributed by atoms with van der Waals surface area (Å²) in [5.41, 5.74) is 0. The van der Waals surface area contributed by atoms with Gasteiger partial charge in [-0.3, -0.25) is 0 Å². The zero-order valence-electron chi connectivity index (χ0n) is 11.7. The second-order valence-corrected chi connectivity index (χ2v) is 6.14. The first-order valence-corrected chi connectivity index (χ1v) is 7.41. The molecule has 1 aromatic rings. The van der Waals surface area contributed by atoms with Crippen LogP contribution in [0.2, 0.25) is 0 Å². The normalized spacial score (nSPS) is 11.3. The third-order valence-electron chi connectivity index (χ3n) is 2.34. The molecule has 1 heterocycles. The molecule has 4 heteroatoms. The van der Waals surface area contributed by atoms with Crippen LogP contribution in [-0.4, -0.2) is 33.0 Å². The summed E-state index contributed by atoms with van der Waals surface area (Å²) in [4.78, 5) is 2.75. The van der Waals surface area contributed by atoms with Gasteiger partial charge in [0, 0.05) is 29.5 Å². The maximum Gasteiger partial charge on any atom is 0.0701 e. The molecule has 0 atom stereocenters. The SMILES string of the molecule is Cc1ccc(CNCCOCCOCC(C)C)s1. The van der Waals surface area contributed by atoms with E-state index in [9.17, 15) is 0 Å². The van der Waals surface area contributed by atoms with E-state index in [1.165, 1.54) is 9.75 Å². The van der Waals surface area contributed by atoms with Gasteiger partial charge in [-0.25, -0.2) is 0 Å². The lowest BCUT2D eigenvalue weighted by molar-refractivity contribution is 0.0387. The van der Waals surface area contributed by atoms with Gasteiger partial charge in [-0.05, 0) is 25.0 Å². The molecule has 0 radical (unpaired) electrons. The molecule has 1 aromatic heterocycles. The Morgan fingerprint density at radius 3 is 2.61 bits per heavy atom. The fraction of sp³-hybridized carbons (Fsp3) is 0.714. The Bertz CT molecular complexity index is 312. The van der Waals surface area contributed by atoms with Crippen molar-refractivity contribution in [2.45, 2.75) is 27.3 Å². The van der Waals surface area contributed by atoms with Crippen molar-refractivity contribution in [2.75, 3.05) is 33.0 Å². The van der Waals surface area contributed by atoms with E-state index < -0.39 is 0 Å². The summed E-state index contributed by atoms with van der Waals surface area (Å²) in [6.07, 6.45) is 0. The highest BCUT2D eigenvalue weighted by Gasteiger charge is 1.96. The third kappa shape index (κ3) is 7.82. The predicted octanol–water partition coefficient (Wildman–Crippen LogP) is 2.84. The number of thiophene rings is 1. The fourth-order valence-corrected chi connectivity index (χ4v) is 2.33. The van der Waals surface area contributed by atoms with Crippen molar-refractivity contribution in [3.05, 3.63) is 21.9 Å². The summed E-state index contributed by atoms with van der Waals surface area (Å²) in [6, 6.07) is 4.33. The topological polar surface area (TPSA) is 30.5 Å². The molecule has 0 aromatic carbocycles. The smallest absolute Gasteiger partial charge is 0.0701 e. The van der Waals surface area contributed by atoms with Gasteiger partial charge >= 0.3 is 0 Å². The first-order chi connectivity index (χ1) is 8.68. The van der Waals surface area contributed by atoms with Crippen LogP contribution in [0.5, 0.6) is 0 Å². The Morgan fingerprint density at radius 1 is 1.17 bits per heavy atom. The van der Waals surface area contributed by atoms with Crippen LogP contribution in [-0.2, 0) is 16.0 Å². The van der Waals surface area contributed by atoms with Crippen LogP contribution in [0.25, 0.3) is 0 Å².